The summed E-state index contributed by atoms with van der Waals surface area (Å²) in [5.41, 5.74) is 1.07. The predicted molar refractivity (Wildman–Crippen MR) is 96.6 cm³/mol. The van der Waals surface area contributed by atoms with Gasteiger partial charge in [-0.2, -0.15) is 13.2 Å². The van der Waals surface area contributed by atoms with Crippen LogP contribution >= 0.6 is 23.2 Å². The van der Waals surface area contributed by atoms with Crippen LogP contribution in [0.5, 0.6) is 0 Å². The van der Waals surface area contributed by atoms with Crippen LogP contribution in [-0.2, 0) is 6.42 Å². The molecule has 27 heavy (non-hydrogen) atoms. The van der Waals surface area contributed by atoms with Crippen molar-refractivity contribution in [3.63, 3.8) is 0 Å². The number of alkyl halides is 3. The zero-order valence-corrected chi connectivity index (χ0v) is 15.1. The molecule has 1 heterocycles. The van der Waals surface area contributed by atoms with Crippen molar-refractivity contribution in [2.45, 2.75) is 24.6 Å². The average molecular weight is 419 g/mol. The summed E-state index contributed by atoms with van der Waals surface area (Å²) in [6.45, 7) is 0. The van der Waals surface area contributed by atoms with E-state index in [-0.39, 0.29) is 5.56 Å². The molecule has 3 nitrogen and oxygen atoms in total. The molecule has 9 heteroatoms. The van der Waals surface area contributed by atoms with E-state index < -0.39 is 34.0 Å². The van der Waals surface area contributed by atoms with Crippen LogP contribution < -0.4 is 5.01 Å². The van der Waals surface area contributed by atoms with E-state index in [2.05, 4.69) is 5.29 Å². The molecule has 2 atom stereocenters. The molecule has 0 fully saturated rings. The molecule has 0 bridgehead atoms. The van der Waals surface area contributed by atoms with Crippen molar-refractivity contribution in [3.05, 3.63) is 80.4 Å². The molecule has 2 unspecified atom stereocenters. The summed E-state index contributed by atoms with van der Waals surface area (Å²) >= 11 is 11.3. The minimum Gasteiger partial charge on any atom is -0.222 e. The zero-order chi connectivity index (χ0) is 19.8. The maximum absolute atomic E-state index is 13.6. The molecule has 0 aromatic heterocycles. The summed E-state index contributed by atoms with van der Waals surface area (Å²) in [7, 11) is 0. The topological polar surface area (TPSA) is 32.7 Å². The number of benzene rings is 2. The van der Waals surface area contributed by atoms with Crippen LogP contribution in [0.4, 0.5) is 23.2 Å². The Morgan fingerprint density at radius 2 is 1.81 bits per heavy atom. The van der Waals surface area contributed by atoms with Crippen molar-refractivity contribution in [1.29, 1.82) is 0 Å². The van der Waals surface area contributed by atoms with Gasteiger partial charge in [0.2, 0.25) is 0 Å². The second-order valence-corrected chi connectivity index (χ2v) is 6.84. The Kier molecular flexibility index (Phi) is 5.44. The van der Waals surface area contributed by atoms with Crippen LogP contribution in [0.15, 0.2) is 53.8 Å². The summed E-state index contributed by atoms with van der Waals surface area (Å²) in [4.78, 5) is 11.2. The molecule has 0 saturated heterocycles. The highest BCUT2D eigenvalue weighted by Gasteiger charge is 2.40. The highest BCUT2D eigenvalue weighted by Crippen LogP contribution is 2.40. The van der Waals surface area contributed by atoms with Gasteiger partial charge in [0.15, 0.2) is 5.82 Å². The maximum atomic E-state index is 13.6. The second-order valence-electron chi connectivity index (χ2n) is 6.03. The van der Waals surface area contributed by atoms with Crippen LogP contribution in [0.1, 0.15) is 17.0 Å². The predicted octanol–water partition coefficient (Wildman–Crippen LogP) is 6.45. The smallest absolute Gasteiger partial charge is 0.222 e. The van der Waals surface area contributed by atoms with Gasteiger partial charge in [0, 0.05) is 6.42 Å². The lowest BCUT2D eigenvalue weighted by molar-refractivity contribution is -0.139. The van der Waals surface area contributed by atoms with Crippen LogP contribution in [0.3, 0.4) is 0 Å². The number of nitrogens with zero attached hydrogens (tertiary/aromatic N) is 2. The van der Waals surface area contributed by atoms with Gasteiger partial charge in [-0.3, -0.25) is 0 Å². The van der Waals surface area contributed by atoms with Crippen LogP contribution in [0, 0.1) is 10.7 Å². The molecular formula is C18H12Cl2F4N2O. The summed E-state index contributed by atoms with van der Waals surface area (Å²) < 4.78 is 54.2. The van der Waals surface area contributed by atoms with Crippen molar-refractivity contribution in [2.75, 3.05) is 5.01 Å². The normalized spacial score (nSPS) is 18.0. The molecule has 0 radical (unpaired) electrons. The Bertz CT molecular complexity index is 878. The molecule has 0 spiro atoms. The van der Waals surface area contributed by atoms with Gasteiger partial charge in [-0.25, -0.2) is 9.40 Å². The van der Waals surface area contributed by atoms with Gasteiger partial charge in [-0.15, -0.1) is 4.91 Å². The van der Waals surface area contributed by atoms with E-state index in [0.717, 1.165) is 28.8 Å². The Morgan fingerprint density at radius 3 is 2.41 bits per heavy atom. The molecule has 3 rings (SSSR count). The highest BCUT2D eigenvalue weighted by molar-refractivity contribution is 6.35. The van der Waals surface area contributed by atoms with E-state index in [0.29, 0.717) is 12.1 Å². The first-order chi connectivity index (χ1) is 12.7. The molecule has 0 aliphatic carbocycles. The Balaban J connectivity index is 1.94. The summed E-state index contributed by atoms with van der Waals surface area (Å²) in [5, 5.41) is 3.06. The average Bonchev–Trinajstić information content (AvgIpc) is 2.96. The molecule has 1 aliphatic rings. The first kappa shape index (κ1) is 19.6. The van der Waals surface area contributed by atoms with E-state index in [1.807, 2.05) is 0 Å². The number of rotatable bonds is 4. The Morgan fingerprint density at radius 1 is 1.19 bits per heavy atom. The van der Waals surface area contributed by atoms with Gasteiger partial charge < -0.3 is 0 Å². The fourth-order valence-electron chi connectivity index (χ4n) is 3.05. The van der Waals surface area contributed by atoms with E-state index >= 15 is 0 Å². The van der Waals surface area contributed by atoms with Crippen LogP contribution in [-0.4, -0.2) is 12.2 Å². The van der Waals surface area contributed by atoms with Gasteiger partial charge in [0.25, 0.3) is 0 Å². The minimum atomic E-state index is -4.66. The number of fused-ring (bicyclic) bond motifs is 1. The lowest BCUT2D eigenvalue weighted by atomic mass is 9.96. The summed E-state index contributed by atoms with van der Waals surface area (Å²) in [6.07, 6.45) is -2.14. The molecule has 142 valence electrons. The van der Waals surface area contributed by atoms with E-state index in [1.165, 1.54) is 6.08 Å². The largest absolute Gasteiger partial charge is 0.399 e. The highest BCUT2D eigenvalue weighted by atomic mass is 35.5. The number of anilines is 1. The van der Waals surface area contributed by atoms with Gasteiger partial charge in [0.05, 0.1) is 33.0 Å². The molecule has 2 aromatic rings. The fraction of sp³-hybridized carbons (Fsp3) is 0.222. The van der Waals surface area contributed by atoms with Gasteiger partial charge in [-0.1, -0.05) is 53.6 Å². The SMILES string of the molecule is O=NN1c2ccccc2CC1/C=C/C(c1cc(Cl)c(F)c(Cl)c1)C(F)(F)F. The first-order valence-electron chi connectivity index (χ1n) is 7.82. The van der Waals surface area contributed by atoms with Crippen molar-refractivity contribution < 1.29 is 17.6 Å². The third-order valence-corrected chi connectivity index (χ3v) is 4.86. The standard InChI is InChI=1S/C18H12Cl2F4N2O/c19-14-8-11(9-15(20)17(14)21)13(18(22,23)24)6-5-12-7-10-3-1-2-4-16(10)26(12)25-27/h1-6,8-9,12-13H,7H2/b6-5+. The third kappa shape index (κ3) is 3.94. The second kappa shape index (κ2) is 7.48. The number of hydrogen-bond donors (Lipinski definition) is 0. The number of halogens is 6. The quantitative estimate of drug-likeness (QED) is 0.247. The molecule has 1 aliphatic heterocycles. The Labute approximate surface area is 162 Å². The van der Waals surface area contributed by atoms with Gasteiger partial charge >= 0.3 is 6.18 Å². The third-order valence-electron chi connectivity index (χ3n) is 4.31. The first-order valence-corrected chi connectivity index (χ1v) is 8.58. The van der Waals surface area contributed by atoms with Crippen molar-refractivity contribution in [1.82, 2.24) is 0 Å². The van der Waals surface area contributed by atoms with E-state index in [9.17, 15) is 22.5 Å². The lowest BCUT2D eigenvalue weighted by Crippen LogP contribution is -2.25. The summed E-state index contributed by atoms with van der Waals surface area (Å²) in [5.74, 6) is -3.04. The zero-order valence-electron chi connectivity index (χ0n) is 13.6. The number of hydrogen-bond acceptors (Lipinski definition) is 2. The van der Waals surface area contributed by atoms with Crippen LogP contribution in [0.2, 0.25) is 10.0 Å². The minimum absolute atomic E-state index is 0.295. The number of nitroso groups, excluding NO2 is 1. The molecular weight excluding hydrogens is 407 g/mol. The number of para-hydroxylation sites is 1. The van der Waals surface area contributed by atoms with E-state index in [4.69, 9.17) is 23.2 Å². The van der Waals surface area contributed by atoms with Gasteiger partial charge in [0.1, 0.15) is 0 Å². The van der Waals surface area contributed by atoms with Gasteiger partial charge in [-0.05, 0) is 29.3 Å². The monoisotopic (exact) mass is 418 g/mol. The molecule has 2 aromatic carbocycles. The summed E-state index contributed by atoms with van der Waals surface area (Å²) in [6, 6.07) is 8.07. The van der Waals surface area contributed by atoms with Crippen molar-refractivity contribution in [2.24, 2.45) is 5.29 Å². The number of allylic oxidation sites excluding steroid dienone is 1. The van der Waals surface area contributed by atoms with Crippen LogP contribution in [0.25, 0.3) is 0 Å². The molecule has 0 saturated carbocycles. The molecule has 0 N–H and O–H groups in total. The van der Waals surface area contributed by atoms with E-state index in [1.54, 1.807) is 24.3 Å². The Hall–Kier alpha value is -2.12. The molecule has 0 amide bonds. The maximum Gasteiger partial charge on any atom is 0.399 e. The van der Waals surface area contributed by atoms with Crippen molar-refractivity contribution in [3.8, 4) is 0 Å². The lowest BCUT2D eigenvalue weighted by Gasteiger charge is -2.20. The van der Waals surface area contributed by atoms with Crippen molar-refractivity contribution >= 4 is 28.9 Å². The fourth-order valence-corrected chi connectivity index (χ4v) is 3.56.